The summed E-state index contributed by atoms with van der Waals surface area (Å²) in [4.78, 5) is 23.7. The molecule has 0 fully saturated rings. The summed E-state index contributed by atoms with van der Waals surface area (Å²) in [6.45, 7) is 2.21. The summed E-state index contributed by atoms with van der Waals surface area (Å²) in [6, 6.07) is 9.70. The highest BCUT2D eigenvalue weighted by Crippen LogP contribution is 2.17. The number of carbonyl (C=O) groups excluding carboxylic acids is 2. The Morgan fingerprint density at radius 2 is 1.84 bits per heavy atom. The minimum Gasteiger partial charge on any atom is -0.462 e. The van der Waals surface area contributed by atoms with Gasteiger partial charge in [0.2, 0.25) is 5.91 Å². The van der Waals surface area contributed by atoms with Gasteiger partial charge in [-0.25, -0.2) is 13.6 Å². The molecule has 7 heteroatoms. The molecule has 0 aliphatic heterocycles. The average molecular weight is 348 g/mol. The number of halogens is 2. The van der Waals surface area contributed by atoms with Crippen LogP contribution in [-0.4, -0.2) is 25.0 Å². The van der Waals surface area contributed by atoms with Gasteiger partial charge < -0.3 is 15.4 Å². The molecule has 5 nitrogen and oxygen atoms in total. The minimum atomic E-state index is -0.839. The molecule has 2 rings (SSSR count). The molecule has 132 valence electrons. The Balaban J connectivity index is 1.90. The maximum Gasteiger partial charge on any atom is 0.340 e. The predicted molar refractivity (Wildman–Crippen MR) is 90.5 cm³/mol. The number of ether oxygens (including phenoxy) is 1. The number of rotatable bonds is 7. The molecule has 0 aromatic heterocycles. The predicted octanol–water partition coefficient (Wildman–Crippen LogP) is 3.58. The fourth-order valence-corrected chi connectivity index (χ4v) is 2.14. The summed E-state index contributed by atoms with van der Waals surface area (Å²) < 4.78 is 31.3. The van der Waals surface area contributed by atoms with Crippen molar-refractivity contribution in [2.45, 2.75) is 13.3 Å². The fourth-order valence-electron chi connectivity index (χ4n) is 2.14. The van der Waals surface area contributed by atoms with Crippen molar-refractivity contribution in [2.24, 2.45) is 0 Å². The molecule has 2 aromatic rings. The third-order valence-electron chi connectivity index (χ3n) is 3.30. The lowest BCUT2D eigenvalue weighted by molar-refractivity contribution is -0.116. The zero-order valence-electron chi connectivity index (χ0n) is 13.6. The summed E-state index contributed by atoms with van der Waals surface area (Å²) in [5.41, 5.74) is 0.828. The molecular formula is C18H18F2N2O3. The van der Waals surface area contributed by atoms with Crippen LogP contribution >= 0.6 is 0 Å². The molecule has 0 heterocycles. The molecule has 0 saturated carbocycles. The van der Waals surface area contributed by atoms with Gasteiger partial charge in [-0.05, 0) is 31.2 Å². The minimum absolute atomic E-state index is 0.0357. The van der Waals surface area contributed by atoms with E-state index in [2.05, 4.69) is 10.6 Å². The normalized spacial score (nSPS) is 10.2. The van der Waals surface area contributed by atoms with E-state index in [9.17, 15) is 18.4 Å². The van der Waals surface area contributed by atoms with Crippen LogP contribution in [0.4, 0.5) is 20.2 Å². The molecule has 0 aliphatic rings. The largest absolute Gasteiger partial charge is 0.462 e. The number of hydrogen-bond donors (Lipinski definition) is 2. The molecule has 0 saturated heterocycles. The first kappa shape index (κ1) is 18.4. The third kappa shape index (κ3) is 5.27. The van der Waals surface area contributed by atoms with E-state index in [0.717, 1.165) is 12.1 Å². The van der Waals surface area contributed by atoms with Crippen molar-refractivity contribution in [3.05, 3.63) is 59.7 Å². The number of nitrogens with one attached hydrogen (secondary N) is 2. The molecule has 2 aromatic carbocycles. The second kappa shape index (κ2) is 8.77. The highest BCUT2D eigenvalue weighted by molar-refractivity contribution is 5.96. The number of anilines is 2. The van der Waals surface area contributed by atoms with E-state index in [1.807, 2.05) is 0 Å². The number of benzene rings is 2. The smallest absolute Gasteiger partial charge is 0.340 e. The maximum atomic E-state index is 13.5. The van der Waals surface area contributed by atoms with Gasteiger partial charge in [-0.15, -0.1) is 0 Å². The number of amides is 1. The van der Waals surface area contributed by atoms with Gasteiger partial charge in [0.1, 0.15) is 11.6 Å². The van der Waals surface area contributed by atoms with Crippen LogP contribution in [-0.2, 0) is 9.53 Å². The lowest BCUT2D eigenvalue weighted by Crippen LogP contribution is -2.18. The average Bonchev–Trinajstić information content (AvgIpc) is 2.58. The molecule has 1 amide bonds. The summed E-state index contributed by atoms with van der Waals surface area (Å²) in [7, 11) is 0. The van der Waals surface area contributed by atoms with E-state index in [0.29, 0.717) is 17.3 Å². The fraction of sp³-hybridized carbons (Fsp3) is 0.222. The van der Waals surface area contributed by atoms with E-state index in [1.54, 1.807) is 31.2 Å². The zero-order valence-corrected chi connectivity index (χ0v) is 13.6. The van der Waals surface area contributed by atoms with Gasteiger partial charge in [-0.3, -0.25) is 4.79 Å². The molecule has 0 spiro atoms. The SMILES string of the molecule is CCOC(=O)c1ccccc1NCCC(=O)Nc1ccc(F)cc1F. The third-order valence-corrected chi connectivity index (χ3v) is 3.30. The Bertz CT molecular complexity index is 766. The molecular weight excluding hydrogens is 330 g/mol. The van der Waals surface area contributed by atoms with Crippen molar-refractivity contribution < 1.29 is 23.1 Å². The molecule has 2 N–H and O–H groups in total. The lowest BCUT2D eigenvalue weighted by atomic mass is 10.1. The number of para-hydroxylation sites is 1. The van der Waals surface area contributed by atoms with Crippen LogP contribution in [0, 0.1) is 11.6 Å². The van der Waals surface area contributed by atoms with E-state index in [1.165, 1.54) is 0 Å². The summed E-state index contributed by atoms with van der Waals surface area (Å²) in [5.74, 6) is -2.45. The van der Waals surface area contributed by atoms with Gasteiger partial charge in [0.15, 0.2) is 0 Å². The first-order valence-corrected chi connectivity index (χ1v) is 7.76. The van der Waals surface area contributed by atoms with Crippen molar-refractivity contribution in [2.75, 3.05) is 23.8 Å². The Hall–Kier alpha value is -2.96. The quantitative estimate of drug-likeness (QED) is 0.751. The molecule has 0 bridgehead atoms. The zero-order chi connectivity index (χ0) is 18.2. The lowest BCUT2D eigenvalue weighted by Gasteiger charge is -2.11. The maximum absolute atomic E-state index is 13.5. The van der Waals surface area contributed by atoms with Crippen molar-refractivity contribution in [1.29, 1.82) is 0 Å². The van der Waals surface area contributed by atoms with E-state index >= 15 is 0 Å². The van der Waals surface area contributed by atoms with Gasteiger partial charge in [-0.1, -0.05) is 12.1 Å². The Kier molecular flexibility index (Phi) is 6.45. The number of carbonyl (C=O) groups is 2. The molecule has 0 atom stereocenters. The van der Waals surface area contributed by atoms with Crippen LogP contribution in [0.3, 0.4) is 0 Å². The van der Waals surface area contributed by atoms with Crippen molar-refractivity contribution in [3.8, 4) is 0 Å². The van der Waals surface area contributed by atoms with Gasteiger partial charge in [-0.2, -0.15) is 0 Å². The summed E-state index contributed by atoms with van der Waals surface area (Å²) in [5, 5.41) is 5.35. The second-order valence-electron chi connectivity index (χ2n) is 5.12. The van der Waals surface area contributed by atoms with Crippen LogP contribution in [0.1, 0.15) is 23.7 Å². The van der Waals surface area contributed by atoms with Crippen LogP contribution in [0.2, 0.25) is 0 Å². The van der Waals surface area contributed by atoms with E-state index < -0.39 is 23.5 Å². The number of esters is 1. The Morgan fingerprint density at radius 3 is 2.56 bits per heavy atom. The second-order valence-corrected chi connectivity index (χ2v) is 5.12. The summed E-state index contributed by atoms with van der Waals surface area (Å²) in [6.07, 6.45) is 0.0357. The first-order chi connectivity index (χ1) is 12.0. The highest BCUT2D eigenvalue weighted by Gasteiger charge is 2.12. The van der Waals surface area contributed by atoms with Crippen LogP contribution in [0.5, 0.6) is 0 Å². The van der Waals surface area contributed by atoms with Crippen molar-refractivity contribution in [1.82, 2.24) is 0 Å². The number of hydrogen-bond acceptors (Lipinski definition) is 4. The molecule has 0 unspecified atom stereocenters. The highest BCUT2D eigenvalue weighted by atomic mass is 19.1. The molecule has 0 aliphatic carbocycles. The monoisotopic (exact) mass is 348 g/mol. The van der Waals surface area contributed by atoms with Gasteiger partial charge in [0.05, 0.1) is 17.9 Å². The van der Waals surface area contributed by atoms with Gasteiger partial charge >= 0.3 is 5.97 Å². The Labute approximate surface area is 144 Å². The topological polar surface area (TPSA) is 67.4 Å². The van der Waals surface area contributed by atoms with Crippen LogP contribution in [0.15, 0.2) is 42.5 Å². The van der Waals surface area contributed by atoms with Gasteiger partial charge in [0, 0.05) is 24.7 Å². The van der Waals surface area contributed by atoms with Gasteiger partial charge in [0.25, 0.3) is 0 Å². The van der Waals surface area contributed by atoms with Crippen molar-refractivity contribution >= 4 is 23.3 Å². The molecule has 25 heavy (non-hydrogen) atoms. The van der Waals surface area contributed by atoms with Crippen LogP contribution in [0.25, 0.3) is 0 Å². The van der Waals surface area contributed by atoms with Crippen molar-refractivity contribution in [3.63, 3.8) is 0 Å². The first-order valence-electron chi connectivity index (χ1n) is 7.76. The van der Waals surface area contributed by atoms with E-state index in [4.69, 9.17) is 4.74 Å². The summed E-state index contributed by atoms with van der Waals surface area (Å²) >= 11 is 0. The molecule has 0 radical (unpaired) electrons. The Morgan fingerprint density at radius 1 is 1.08 bits per heavy atom. The van der Waals surface area contributed by atoms with Crippen LogP contribution < -0.4 is 10.6 Å². The van der Waals surface area contributed by atoms with E-state index in [-0.39, 0.29) is 25.3 Å². The standard InChI is InChI=1S/C18H18F2N2O3/c1-2-25-18(24)13-5-3-4-6-15(13)21-10-9-17(23)22-16-8-7-12(19)11-14(16)20/h3-8,11,21H,2,9-10H2,1H3,(H,22,23).